The van der Waals surface area contributed by atoms with Crippen LogP contribution >= 0.6 is 0 Å². The predicted molar refractivity (Wildman–Crippen MR) is 106 cm³/mol. The molecule has 3 aromatic rings. The SMILES string of the molecule is CCc1ccc([C@@H](C)NC(=O)[C@H](C)Oc2cccc3ccccc23)cc1. The normalized spacial score (nSPS) is 13.2. The van der Waals surface area contributed by atoms with Crippen LogP contribution in [-0.4, -0.2) is 12.0 Å². The van der Waals surface area contributed by atoms with E-state index in [1.165, 1.54) is 5.56 Å². The second kappa shape index (κ2) is 8.05. The second-order valence-electron chi connectivity index (χ2n) is 6.56. The second-order valence-corrected chi connectivity index (χ2v) is 6.56. The molecule has 0 spiro atoms. The zero-order chi connectivity index (χ0) is 18.5. The van der Waals surface area contributed by atoms with E-state index in [1.807, 2.05) is 49.4 Å². The highest BCUT2D eigenvalue weighted by molar-refractivity contribution is 5.89. The molecule has 3 heteroatoms. The Morgan fingerprint density at radius 3 is 2.38 bits per heavy atom. The van der Waals surface area contributed by atoms with Gasteiger partial charge in [-0.15, -0.1) is 0 Å². The van der Waals surface area contributed by atoms with Gasteiger partial charge in [0.15, 0.2) is 6.10 Å². The van der Waals surface area contributed by atoms with E-state index < -0.39 is 6.10 Å². The Balaban J connectivity index is 1.67. The van der Waals surface area contributed by atoms with E-state index in [2.05, 4.69) is 36.5 Å². The van der Waals surface area contributed by atoms with E-state index in [0.717, 1.165) is 28.5 Å². The van der Waals surface area contributed by atoms with Crippen LogP contribution in [0.4, 0.5) is 0 Å². The van der Waals surface area contributed by atoms with Gasteiger partial charge in [0.1, 0.15) is 5.75 Å². The Morgan fingerprint density at radius 1 is 0.962 bits per heavy atom. The summed E-state index contributed by atoms with van der Waals surface area (Å²) in [4.78, 5) is 12.6. The van der Waals surface area contributed by atoms with Crippen LogP contribution in [0.2, 0.25) is 0 Å². The van der Waals surface area contributed by atoms with Crippen molar-refractivity contribution in [1.29, 1.82) is 0 Å². The lowest BCUT2D eigenvalue weighted by atomic mass is 10.0. The van der Waals surface area contributed by atoms with E-state index in [-0.39, 0.29) is 11.9 Å². The highest BCUT2D eigenvalue weighted by atomic mass is 16.5. The predicted octanol–water partition coefficient (Wildman–Crippen LogP) is 5.05. The van der Waals surface area contributed by atoms with Crippen molar-refractivity contribution in [2.75, 3.05) is 0 Å². The molecule has 0 radical (unpaired) electrons. The monoisotopic (exact) mass is 347 g/mol. The quantitative estimate of drug-likeness (QED) is 0.678. The maximum atomic E-state index is 12.6. The van der Waals surface area contributed by atoms with Gasteiger partial charge in [0.05, 0.1) is 6.04 Å². The van der Waals surface area contributed by atoms with Gasteiger partial charge in [0, 0.05) is 5.39 Å². The number of rotatable bonds is 6. The molecule has 26 heavy (non-hydrogen) atoms. The van der Waals surface area contributed by atoms with Crippen molar-refractivity contribution in [3.63, 3.8) is 0 Å². The van der Waals surface area contributed by atoms with Crippen LogP contribution in [0.5, 0.6) is 5.75 Å². The highest BCUT2D eigenvalue weighted by Crippen LogP contribution is 2.26. The number of aryl methyl sites for hydroxylation is 1. The lowest BCUT2D eigenvalue weighted by Crippen LogP contribution is -2.37. The molecule has 2 atom stereocenters. The van der Waals surface area contributed by atoms with Crippen molar-refractivity contribution >= 4 is 16.7 Å². The summed E-state index contributed by atoms with van der Waals surface area (Å²) in [6, 6.07) is 22.2. The van der Waals surface area contributed by atoms with Crippen LogP contribution < -0.4 is 10.1 Å². The molecule has 0 aliphatic rings. The number of amides is 1. The summed E-state index contributed by atoms with van der Waals surface area (Å²) in [5, 5.41) is 5.15. The first-order chi connectivity index (χ1) is 12.6. The molecular formula is C23H25NO2. The standard InChI is InChI=1S/C23H25NO2/c1-4-18-12-14-19(15-13-18)16(2)24-23(25)17(3)26-22-11-7-9-20-8-5-6-10-21(20)22/h5-17H,4H2,1-3H3,(H,24,25)/t16-,17+/m1/s1. The molecule has 0 aliphatic carbocycles. The molecular weight excluding hydrogens is 322 g/mol. The molecule has 134 valence electrons. The number of nitrogens with one attached hydrogen (secondary N) is 1. The van der Waals surface area contributed by atoms with Crippen molar-refractivity contribution in [2.24, 2.45) is 0 Å². The highest BCUT2D eigenvalue weighted by Gasteiger charge is 2.18. The topological polar surface area (TPSA) is 38.3 Å². The molecule has 0 saturated carbocycles. The Bertz CT molecular complexity index is 881. The summed E-state index contributed by atoms with van der Waals surface area (Å²) in [6.45, 7) is 5.90. The van der Waals surface area contributed by atoms with E-state index in [9.17, 15) is 4.79 Å². The van der Waals surface area contributed by atoms with Gasteiger partial charge in [-0.05, 0) is 42.8 Å². The van der Waals surface area contributed by atoms with Crippen molar-refractivity contribution in [1.82, 2.24) is 5.32 Å². The molecule has 3 rings (SSSR count). The first-order valence-corrected chi connectivity index (χ1v) is 9.12. The van der Waals surface area contributed by atoms with Gasteiger partial charge in [-0.1, -0.05) is 67.6 Å². The lowest BCUT2D eigenvalue weighted by Gasteiger charge is -2.20. The number of carbonyl (C=O) groups excluding carboxylic acids is 1. The lowest BCUT2D eigenvalue weighted by molar-refractivity contribution is -0.127. The van der Waals surface area contributed by atoms with Gasteiger partial charge in [-0.3, -0.25) is 4.79 Å². The average molecular weight is 347 g/mol. The first kappa shape index (κ1) is 18.0. The molecule has 3 nitrogen and oxygen atoms in total. The molecule has 0 heterocycles. The minimum absolute atomic E-state index is 0.0630. The Hall–Kier alpha value is -2.81. The van der Waals surface area contributed by atoms with Crippen LogP contribution in [0.1, 0.15) is 37.9 Å². The van der Waals surface area contributed by atoms with Crippen LogP contribution in [-0.2, 0) is 11.2 Å². The number of hydrogen-bond donors (Lipinski definition) is 1. The Labute approximate surface area is 155 Å². The van der Waals surface area contributed by atoms with Gasteiger partial charge < -0.3 is 10.1 Å². The van der Waals surface area contributed by atoms with Gasteiger partial charge in [0.2, 0.25) is 0 Å². The Kier molecular flexibility index (Phi) is 5.57. The van der Waals surface area contributed by atoms with Crippen molar-refractivity contribution in [3.8, 4) is 5.75 Å². The minimum atomic E-state index is -0.571. The molecule has 1 N–H and O–H groups in total. The van der Waals surface area contributed by atoms with E-state index in [0.29, 0.717) is 0 Å². The van der Waals surface area contributed by atoms with Gasteiger partial charge in [-0.25, -0.2) is 0 Å². The van der Waals surface area contributed by atoms with E-state index >= 15 is 0 Å². The number of benzene rings is 3. The maximum absolute atomic E-state index is 12.6. The molecule has 0 fully saturated rings. The van der Waals surface area contributed by atoms with Crippen LogP contribution in [0, 0.1) is 0 Å². The third kappa shape index (κ3) is 4.05. The summed E-state index contributed by atoms with van der Waals surface area (Å²) in [5.74, 6) is 0.607. The van der Waals surface area contributed by atoms with Crippen molar-refractivity contribution in [3.05, 3.63) is 77.9 Å². The molecule has 0 aromatic heterocycles. The largest absolute Gasteiger partial charge is 0.480 e. The summed E-state index contributed by atoms with van der Waals surface area (Å²) in [6.07, 6.45) is 0.440. The van der Waals surface area contributed by atoms with E-state index in [1.54, 1.807) is 6.92 Å². The maximum Gasteiger partial charge on any atom is 0.261 e. The summed E-state index contributed by atoms with van der Waals surface area (Å²) in [7, 11) is 0. The third-order valence-corrected chi connectivity index (χ3v) is 4.67. The fraction of sp³-hybridized carbons (Fsp3) is 0.261. The summed E-state index contributed by atoms with van der Waals surface area (Å²) >= 11 is 0. The zero-order valence-electron chi connectivity index (χ0n) is 15.5. The summed E-state index contributed by atoms with van der Waals surface area (Å²) < 4.78 is 5.95. The molecule has 0 bridgehead atoms. The molecule has 3 aromatic carbocycles. The van der Waals surface area contributed by atoms with Crippen LogP contribution in [0.3, 0.4) is 0 Å². The molecule has 1 amide bonds. The zero-order valence-corrected chi connectivity index (χ0v) is 15.5. The van der Waals surface area contributed by atoms with Crippen LogP contribution in [0.25, 0.3) is 10.8 Å². The fourth-order valence-corrected chi connectivity index (χ4v) is 3.00. The van der Waals surface area contributed by atoms with E-state index in [4.69, 9.17) is 4.74 Å². The number of fused-ring (bicyclic) bond motifs is 1. The van der Waals surface area contributed by atoms with Gasteiger partial charge in [0.25, 0.3) is 5.91 Å². The van der Waals surface area contributed by atoms with Gasteiger partial charge >= 0.3 is 0 Å². The minimum Gasteiger partial charge on any atom is -0.480 e. The van der Waals surface area contributed by atoms with Crippen molar-refractivity contribution < 1.29 is 9.53 Å². The van der Waals surface area contributed by atoms with Crippen LogP contribution in [0.15, 0.2) is 66.7 Å². The van der Waals surface area contributed by atoms with Crippen molar-refractivity contribution in [2.45, 2.75) is 39.3 Å². The van der Waals surface area contributed by atoms with Gasteiger partial charge in [-0.2, -0.15) is 0 Å². The fourth-order valence-electron chi connectivity index (χ4n) is 3.00. The average Bonchev–Trinajstić information content (AvgIpc) is 2.68. The smallest absolute Gasteiger partial charge is 0.261 e. The molecule has 0 unspecified atom stereocenters. The summed E-state index contributed by atoms with van der Waals surface area (Å²) in [5.41, 5.74) is 2.38. The molecule has 0 aliphatic heterocycles. The molecule has 0 saturated heterocycles. The number of ether oxygens (including phenoxy) is 1. The number of hydrogen-bond acceptors (Lipinski definition) is 2. The first-order valence-electron chi connectivity index (χ1n) is 9.12. The third-order valence-electron chi connectivity index (χ3n) is 4.67. The number of carbonyl (C=O) groups is 1. The Morgan fingerprint density at radius 2 is 1.65 bits per heavy atom.